The molecule has 1 atom stereocenters. The third-order valence-electron chi connectivity index (χ3n) is 6.85. The van der Waals surface area contributed by atoms with Crippen LogP contribution >= 0.6 is 0 Å². The zero-order chi connectivity index (χ0) is 28.1. The monoisotopic (exact) mass is 541 g/mol. The summed E-state index contributed by atoms with van der Waals surface area (Å²) in [5.74, 6) is -0.582. The van der Waals surface area contributed by atoms with Crippen LogP contribution in [0.1, 0.15) is 155 Å². The van der Waals surface area contributed by atoms with Crippen molar-refractivity contribution >= 4 is 17.8 Å². The second kappa shape index (κ2) is 28.4. The first-order chi connectivity index (χ1) is 18.5. The summed E-state index contributed by atoms with van der Waals surface area (Å²) < 4.78 is 10.5. The Kier molecular flexibility index (Phi) is 27.2. The largest absolute Gasteiger partial charge is 0.462 e. The summed E-state index contributed by atoms with van der Waals surface area (Å²) in [5, 5.41) is 12.3. The van der Waals surface area contributed by atoms with Crippen LogP contribution in [0.2, 0.25) is 0 Å². The molecule has 224 valence electrons. The Balaban J connectivity index is 3.55. The first-order valence-electron chi connectivity index (χ1n) is 15.7. The van der Waals surface area contributed by atoms with E-state index < -0.39 is 6.10 Å². The molecule has 0 aromatic heterocycles. The standard InChI is InChI=1S/C31H59NO6/c1-3-4-5-6-7-8-11-15-18-21-24-31(36)38-29(26-33)27-37-30(35)23-20-17-14-12-9-10-13-16-19-22-25-32-28(2)34/h29,33H,3-27H2,1-2H3,(H,32,34)/t29-/m1/s1. The van der Waals surface area contributed by atoms with Crippen LogP contribution in [-0.2, 0) is 23.9 Å². The number of ether oxygens (including phenoxy) is 2. The van der Waals surface area contributed by atoms with Gasteiger partial charge in [-0.15, -0.1) is 0 Å². The fourth-order valence-electron chi connectivity index (χ4n) is 4.46. The molecular formula is C31H59NO6. The maximum absolute atomic E-state index is 12.0. The van der Waals surface area contributed by atoms with Gasteiger partial charge in [0.1, 0.15) is 6.61 Å². The van der Waals surface area contributed by atoms with E-state index in [9.17, 15) is 19.5 Å². The number of carbonyl (C=O) groups excluding carboxylic acids is 3. The second-order valence-corrected chi connectivity index (χ2v) is 10.7. The molecule has 38 heavy (non-hydrogen) atoms. The molecule has 7 nitrogen and oxygen atoms in total. The van der Waals surface area contributed by atoms with Crippen LogP contribution in [0.5, 0.6) is 0 Å². The molecule has 1 amide bonds. The molecule has 0 aromatic carbocycles. The van der Waals surface area contributed by atoms with Gasteiger partial charge in [0.2, 0.25) is 5.91 Å². The Morgan fingerprint density at radius 2 is 1.05 bits per heavy atom. The van der Waals surface area contributed by atoms with Gasteiger partial charge < -0.3 is 19.9 Å². The molecule has 0 bridgehead atoms. The molecule has 0 aliphatic heterocycles. The van der Waals surface area contributed by atoms with E-state index in [1.165, 1.54) is 77.0 Å². The molecule has 0 aliphatic rings. The minimum atomic E-state index is -0.778. The number of aliphatic hydroxyl groups is 1. The number of aliphatic hydroxyl groups excluding tert-OH is 1. The van der Waals surface area contributed by atoms with Crippen LogP contribution in [0, 0.1) is 0 Å². The van der Waals surface area contributed by atoms with Gasteiger partial charge in [-0.3, -0.25) is 14.4 Å². The number of rotatable bonds is 28. The van der Waals surface area contributed by atoms with Gasteiger partial charge in [0.05, 0.1) is 6.61 Å². The second-order valence-electron chi connectivity index (χ2n) is 10.7. The predicted octanol–water partition coefficient (Wildman–Crippen LogP) is 7.17. The van der Waals surface area contributed by atoms with Gasteiger partial charge in [-0.05, 0) is 19.3 Å². The van der Waals surface area contributed by atoms with Crippen LogP contribution in [0.3, 0.4) is 0 Å². The van der Waals surface area contributed by atoms with Crippen molar-refractivity contribution in [3.05, 3.63) is 0 Å². The lowest BCUT2D eigenvalue weighted by molar-refractivity contribution is -0.161. The molecule has 0 rings (SSSR count). The highest BCUT2D eigenvalue weighted by molar-refractivity contribution is 5.72. The van der Waals surface area contributed by atoms with Gasteiger partial charge in [-0.25, -0.2) is 0 Å². The lowest BCUT2D eigenvalue weighted by atomic mass is 10.1. The number of carbonyl (C=O) groups is 3. The van der Waals surface area contributed by atoms with Crippen LogP contribution in [-0.4, -0.2) is 48.8 Å². The van der Waals surface area contributed by atoms with Gasteiger partial charge >= 0.3 is 11.9 Å². The number of nitrogens with one attached hydrogen (secondary N) is 1. The number of hydrogen-bond donors (Lipinski definition) is 2. The Bertz CT molecular complexity index is 569. The number of unbranched alkanes of at least 4 members (excludes halogenated alkanes) is 18. The first-order valence-corrected chi connectivity index (χ1v) is 15.7. The Morgan fingerprint density at radius 3 is 1.50 bits per heavy atom. The minimum Gasteiger partial charge on any atom is -0.462 e. The van der Waals surface area contributed by atoms with E-state index in [2.05, 4.69) is 12.2 Å². The fourth-order valence-corrected chi connectivity index (χ4v) is 4.46. The van der Waals surface area contributed by atoms with Gasteiger partial charge in [0, 0.05) is 26.3 Å². The third kappa shape index (κ3) is 27.4. The van der Waals surface area contributed by atoms with Gasteiger partial charge in [0.15, 0.2) is 6.10 Å². The Morgan fingerprint density at radius 1 is 0.632 bits per heavy atom. The highest BCUT2D eigenvalue weighted by atomic mass is 16.6. The summed E-state index contributed by atoms with van der Waals surface area (Å²) in [5.41, 5.74) is 0. The van der Waals surface area contributed by atoms with Crippen molar-refractivity contribution in [2.75, 3.05) is 19.8 Å². The van der Waals surface area contributed by atoms with Crippen molar-refractivity contribution in [3.8, 4) is 0 Å². The highest BCUT2D eigenvalue weighted by Crippen LogP contribution is 2.13. The van der Waals surface area contributed by atoms with Crippen molar-refractivity contribution in [1.29, 1.82) is 0 Å². The van der Waals surface area contributed by atoms with Crippen molar-refractivity contribution in [2.45, 2.75) is 161 Å². The zero-order valence-electron chi connectivity index (χ0n) is 24.7. The van der Waals surface area contributed by atoms with Crippen LogP contribution in [0.25, 0.3) is 0 Å². The molecule has 0 fully saturated rings. The molecule has 7 heteroatoms. The average Bonchev–Trinajstić information content (AvgIpc) is 2.90. The van der Waals surface area contributed by atoms with E-state index in [1.807, 2.05) is 0 Å². The van der Waals surface area contributed by atoms with Crippen molar-refractivity contribution < 1.29 is 29.0 Å². The van der Waals surface area contributed by atoms with Gasteiger partial charge in [0.25, 0.3) is 0 Å². The van der Waals surface area contributed by atoms with E-state index >= 15 is 0 Å². The molecule has 0 saturated heterocycles. The quantitative estimate of drug-likeness (QED) is 0.0804. The summed E-state index contributed by atoms with van der Waals surface area (Å²) in [6, 6.07) is 0. The van der Waals surface area contributed by atoms with E-state index in [0.29, 0.717) is 12.8 Å². The summed E-state index contributed by atoms with van der Waals surface area (Å²) in [7, 11) is 0. The number of hydrogen-bond acceptors (Lipinski definition) is 6. The molecule has 0 spiro atoms. The minimum absolute atomic E-state index is 0.0446. The topological polar surface area (TPSA) is 102 Å². The third-order valence-corrected chi connectivity index (χ3v) is 6.85. The lowest BCUT2D eigenvalue weighted by Gasteiger charge is -2.15. The summed E-state index contributed by atoms with van der Waals surface area (Å²) in [6.07, 6.45) is 23.2. The molecular weight excluding hydrogens is 482 g/mol. The Hall–Kier alpha value is -1.63. The van der Waals surface area contributed by atoms with E-state index in [4.69, 9.17) is 9.47 Å². The smallest absolute Gasteiger partial charge is 0.306 e. The van der Waals surface area contributed by atoms with Crippen LogP contribution in [0.15, 0.2) is 0 Å². The molecule has 0 saturated carbocycles. The van der Waals surface area contributed by atoms with E-state index in [-0.39, 0.29) is 31.1 Å². The van der Waals surface area contributed by atoms with E-state index in [1.54, 1.807) is 6.92 Å². The Labute approximate surface area is 233 Å². The summed E-state index contributed by atoms with van der Waals surface area (Å²) in [6.45, 7) is 4.14. The molecule has 0 radical (unpaired) electrons. The zero-order valence-corrected chi connectivity index (χ0v) is 24.7. The summed E-state index contributed by atoms with van der Waals surface area (Å²) >= 11 is 0. The van der Waals surface area contributed by atoms with Crippen LogP contribution in [0.4, 0.5) is 0 Å². The fraction of sp³-hybridized carbons (Fsp3) is 0.903. The molecule has 0 heterocycles. The SMILES string of the molecule is CCCCCCCCCCCCC(=O)O[C@H](CO)COC(=O)CCCCCCCCCCCCNC(C)=O. The molecule has 0 unspecified atom stereocenters. The number of amides is 1. The lowest BCUT2D eigenvalue weighted by Crippen LogP contribution is -2.28. The van der Waals surface area contributed by atoms with Gasteiger partial charge in [-0.1, -0.05) is 116 Å². The first kappa shape index (κ1) is 36.4. The maximum atomic E-state index is 12.0. The molecule has 2 N–H and O–H groups in total. The van der Waals surface area contributed by atoms with Gasteiger partial charge in [-0.2, -0.15) is 0 Å². The molecule has 0 aliphatic carbocycles. The van der Waals surface area contributed by atoms with Crippen molar-refractivity contribution in [2.24, 2.45) is 0 Å². The van der Waals surface area contributed by atoms with E-state index in [0.717, 1.165) is 57.9 Å². The van der Waals surface area contributed by atoms with Crippen LogP contribution < -0.4 is 5.32 Å². The maximum Gasteiger partial charge on any atom is 0.306 e. The number of esters is 2. The summed E-state index contributed by atoms with van der Waals surface area (Å²) in [4.78, 5) is 34.8. The highest BCUT2D eigenvalue weighted by Gasteiger charge is 2.16. The normalized spacial score (nSPS) is 11.8. The average molecular weight is 542 g/mol. The van der Waals surface area contributed by atoms with Crippen molar-refractivity contribution in [3.63, 3.8) is 0 Å². The van der Waals surface area contributed by atoms with Crippen molar-refractivity contribution in [1.82, 2.24) is 5.32 Å². The molecule has 0 aromatic rings. The predicted molar refractivity (Wildman–Crippen MR) is 154 cm³/mol.